The number of amides is 1. The first-order valence-corrected chi connectivity index (χ1v) is 9.82. The molecule has 1 aromatic heterocycles. The van der Waals surface area contributed by atoms with Crippen LogP contribution in [0.5, 0.6) is 11.5 Å². The molecule has 0 saturated heterocycles. The predicted molar refractivity (Wildman–Crippen MR) is 106 cm³/mol. The van der Waals surface area contributed by atoms with Crippen molar-refractivity contribution < 1.29 is 23.9 Å². The van der Waals surface area contributed by atoms with Crippen molar-refractivity contribution >= 4 is 5.91 Å². The van der Waals surface area contributed by atoms with Crippen molar-refractivity contribution in [3.05, 3.63) is 34.0 Å². The highest BCUT2D eigenvalue weighted by Crippen LogP contribution is 2.43. The molecule has 0 saturated carbocycles. The number of likely N-dealkylation sites (N-methyl/N-ethyl adjacent to an activating group) is 1. The first-order valence-electron chi connectivity index (χ1n) is 9.82. The first-order chi connectivity index (χ1) is 13.7. The number of phenols is 1. The Hall–Kier alpha value is -2.61. The number of carbonyl (C=O) groups excluding carboxylic acids is 1. The van der Waals surface area contributed by atoms with E-state index in [0.29, 0.717) is 42.6 Å². The van der Waals surface area contributed by atoms with Gasteiger partial charge in [0, 0.05) is 25.6 Å². The lowest BCUT2D eigenvalue weighted by atomic mass is 9.86. The SMILES string of the molecule is CCN(Cc1nc(COC)no1)C(=O)[C@@]1(C)CCc2c(C)c(O)c(C)c(C)c2O1. The molecule has 29 heavy (non-hydrogen) atoms. The molecule has 8 heteroatoms. The number of carbonyl (C=O) groups is 1. The van der Waals surface area contributed by atoms with Crippen LogP contribution in [0.1, 0.15) is 54.2 Å². The highest BCUT2D eigenvalue weighted by Gasteiger charge is 2.43. The van der Waals surface area contributed by atoms with Crippen molar-refractivity contribution in [1.82, 2.24) is 15.0 Å². The second kappa shape index (κ2) is 8.02. The normalized spacial score (nSPS) is 18.3. The van der Waals surface area contributed by atoms with Crippen molar-refractivity contribution in [2.24, 2.45) is 0 Å². The maximum absolute atomic E-state index is 13.4. The number of rotatable bonds is 6. The molecular weight excluding hydrogens is 374 g/mol. The minimum absolute atomic E-state index is 0.125. The van der Waals surface area contributed by atoms with Crippen LogP contribution in [-0.4, -0.2) is 45.3 Å². The van der Waals surface area contributed by atoms with E-state index in [1.54, 1.807) is 12.0 Å². The third kappa shape index (κ3) is 3.81. The maximum Gasteiger partial charge on any atom is 0.266 e. The topological polar surface area (TPSA) is 97.9 Å². The second-order valence-electron chi connectivity index (χ2n) is 7.72. The summed E-state index contributed by atoms with van der Waals surface area (Å²) in [5.74, 6) is 1.69. The van der Waals surface area contributed by atoms with Gasteiger partial charge in [0.25, 0.3) is 5.91 Å². The van der Waals surface area contributed by atoms with Crippen LogP contribution in [0.4, 0.5) is 0 Å². The van der Waals surface area contributed by atoms with Crippen LogP contribution >= 0.6 is 0 Å². The van der Waals surface area contributed by atoms with Gasteiger partial charge in [0.15, 0.2) is 11.4 Å². The molecule has 0 bridgehead atoms. The first kappa shape index (κ1) is 21.1. The summed E-state index contributed by atoms with van der Waals surface area (Å²) in [5, 5.41) is 14.2. The van der Waals surface area contributed by atoms with Crippen LogP contribution in [0.3, 0.4) is 0 Å². The molecule has 1 aliphatic heterocycles. The van der Waals surface area contributed by atoms with Crippen molar-refractivity contribution in [2.75, 3.05) is 13.7 Å². The fourth-order valence-electron chi connectivity index (χ4n) is 3.77. The molecule has 1 N–H and O–H groups in total. The van der Waals surface area contributed by atoms with Crippen LogP contribution in [-0.2, 0) is 29.1 Å². The molecular formula is C21H29N3O5. The van der Waals surface area contributed by atoms with Crippen LogP contribution in [0.15, 0.2) is 4.52 Å². The van der Waals surface area contributed by atoms with Crippen LogP contribution in [0.2, 0.25) is 0 Å². The van der Waals surface area contributed by atoms with Gasteiger partial charge in [-0.05, 0) is 57.7 Å². The van der Waals surface area contributed by atoms with E-state index in [4.69, 9.17) is 14.0 Å². The average molecular weight is 403 g/mol. The van der Waals surface area contributed by atoms with Gasteiger partial charge < -0.3 is 24.0 Å². The molecule has 8 nitrogen and oxygen atoms in total. The number of aromatic hydroxyl groups is 1. The Balaban J connectivity index is 1.84. The van der Waals surface area contributed by atoms with Gasteiger partial charge in [-0.1, -0.05) is 5.16 Å². The lowest BCUT2D eigenvalue weighted by molar-refractivity contribution is -0.149. The molecule has 0 aliphatic carbocycles. The summed E-state index contributed by atoms with van der Waals surface area (Å²) in [6, 6.07) is 0. The average Bonchev–Trinajstić information content (AvgIpc) is 3.15. The van der Waals surface area contributed by atoms with Gasteiger partial charge in [-0.3, -0.25) is 4.79 Å². The fourth-order valence-corrected chi connectivity index (χ4v) is 3.77. The van der Waals surface area contributed by atoms with E-state index in [-0.39, 0.29) is 19.1 Å². The van der Waals surface area contributed by atoms with E-state index >= 15 is 0 Å². The maximum atomic E-state index is 13.4. The van der Waals surface area contributed by atoms with E-state index in [2.05, 4.69) is 10.1 Å². The Morgan fingerprint density at radius 1 is 1.28 bits per heavy atom. The number of aromatic nitrogens is 2. The molecule has 158 valence electrons. The zero-order valence-electron chi connectivity index (χ0n) is 18.0. The Labute approximate surface area is 170 Å². The van der Waals surface area contributed by atoms with E-state index in [9.17, 15) is 9.90 Å². The number of phenolic OH excluding ortho intramolecular Hbond substituents is 1. The van der Waals surface area contributed by atoms with E-state index < -0.39 is 5.60 Å². The lowest BCUT2D eigenvalue weighted by Crippen LogP contribution is -2.52. The molecule has 1 atom stereocenters. The summed E-state index contributed by atoms with van der Waals surface area (Å²) in [4.78, 5) is 19.3. The molecule has 0 unspecified atom stereocenters. The Morgan fingerprint density at radius 3 is 2.66 bits per heavy atom. The monoisotopic (exact) mass is 403 g/mol. The van der Waals surface area contributed by atoms with Gasteiger partial charge in [0.2, 0.25) is 5.89 Å². The van der Waals surface area contributed by atoms with Gasteiger partial charge in [-0.2, -0.15) is 4.98 Å². The van der Waals surface area contributed by atoms with Crippen molar-refractivity contribution in [2.45, 2.75) is 66.2 Å². The molecule has 0 spiro atoms. The number of hydrogen-bond acceptors (Lipinski definition) is 7. The Kier molecular flexibility index (Phi) is 5.84. The van der Waals surface area contributed by atoms with Gasteiger partial charge >= 0.3 is 0 Å². The number of fused-ring (bicyclic) bond motifs is 1. The second-order valence-corrected chi connectivity index (χ2v) is 7.72. The van der Waals surface area contributed by atoms with E-state index in [1.807, 2.05) is 34.6 Å². The number of benzene rings is 1. The molecule has 1 amide bonds. The minimum atomic E-state index is -1.00. The number of ether oxygens (including phenoxy) is 2. The lowest BCUT2D eigenvalue weighted by Gasteiger charge is -2.39. The zero-order chi connectivity index (χ0) is 21.3. The summed E-state index contributed by atoms with van der Waals surface area (Å²) in [7, 11) is 1.56. The van der Waals surface area contributed by atoms with Crippen LogP contribution < -0.4 is 4.74 Å². The van der Waals surface area contributed by atoms with Gasteiger partial charge in [-0.25, -0.2) is 0 Å². The Bertz CT molecular complexity index is 924. The molecule has 2 aromatic rings. The minimum Gasteiger partial charge on any atom is -0.507 e. The summed E-state index contributed by atoms with van der Waals surface area (Å²) in [5.41, 5.74) is 2.44. The smallest absolute Gasteiger partial charge is 0.266 e. The van der Waals surface area contributed by atoms with E-state index in [1.165, 1.54) is 0 Å². The predicted octanol–water partition coefficient (Wildman–Crippen LogP) is 2.98. The summed E-state index contributed by atoms with van der Waals surface area (Å²) in [6.07, 6.45) is 1.19. The van der Waals surface area contributed by atoms with Gasteiger partial charge in [0.1, 0.15) is 24.7 Å². The fraction of sp³-hybridized carbons (Fsp3) is 0.571. The Morgan fingerprint density at radius 2 is 2.00 bits per heavy atom. The largest absolute Gasteiger partial charge is 0.507 e. The highest BCUT2D eigenvalue weighted by atomic mass is 16.5. The molecule has 0 fully saturated rings. The summed E-state index contributed by atoms with van der Waals surface area (Å²) >= 11 is 0. The summed E-state index contributed by atoms with van der Waals surface area (Å²) in [6.45, 7) is 10.3. The quantitative estimate of drug-likeness (QED) is 0.792. The third-order valence-electron chi connectivity index (χ3n) is 5.75. The number of hydrogen-bond donors (Lipinski definition) is 1. The molecule has 0 radical (unpaired) electrons. The van der Waals surface area contributed by atoms with Crippen LogP contribution in [0.25, 0.3) is 0 Å². The van der Waals surface area contributed by atoms with Crippen molar-refractivity contribution in [3.8, 4) is 11.5 Å². The van der Waals surface area contributed by atoms with Crippen molar-refractivity contribution in [1.29, 1.82) is 0 Å². The number of nitrogens with zero attached hydrogens (tertiary/aromatic N) is 3. The molecule has 2 heterocycles. The third-order valence-corrected chi connectivity index (χ3v) is 5.75. The van der Waals surface area contributed by atoms with Gasteiger partial charge in [-0.15, -0.1) is 0 Å². The molecule has 1 aromatic carbocycles. The van der Waals surface area contributed by atoms with Gasteiger partial charge in [0.05, 0.1) is 0 Å². The highest BCUT2D eigenvalue weighted by molar-refractivity contribution is 5.86. The van der Waals surface area contributed by atoms with Crippen molar-refractivity contribution in [3.63, 3.8) is 0 Å². The zero-order valence-corrected chi connectivity index (χ0v) is 18.0. The molecule has 1 aliphatic rings. The standard InChI is InChI=1S/C21H29N3O5/c1-7-24(10-17-22-16(11-27-6)23-29-17)20(26)21(5)9-8-15-14(4)18(25)12(2)13(3)19(15)28-21/h25H,7-11H2,1-6H3/t21-/m1/s1. The number of methoxy groups -OCH3 is 1. The summed E-state index contributed by atoms with van der Waals surface area (Å²) < 4.78 is 16.5. The molecule has 3 rings (SSSR count). The van der Waals surface area contributed by atoms with E-state index in [0.717, 1.165) is 22.3 Å². The van der Waals surface area contributed by atoms with Crippen LogP contribution in [0, 0.1) is 20.8 Å².